The number of methoxy groups -OCH3 is 1. The van der Waals surface area contributed by atoms with Crippen LogP contribution in [0, 0.1) is 11.2 Å². The lowest BCUT2D eigenvalue weighted by Crippen LogP contribution is -2.57. The third kappa shape index (κ3) is 2.92. The molecule has 6 nitrogen and oxygen atoms in total. The minimum atomic E-state index is -0.505. The van der Waals surface area contributed by atoms with Crippen molar-refractivity contribution in [3.8, 4) is 17.3 Å². The second-order valence-corrected chi connectivity index (χ2v) is 9.05. The summed E-state index contributed by atoms with van der Waals surface area (Å²) < 4.78 is 21.2. The normalized spacial score (nSPS) is 17.3. The number of rotatable bonds is 3. The summed E-state index contributed by atoms with van der Waals surface area (Å²) in [4.78, 5) is 15.6. The number of nitrogens with one attached hydrogen (secondary N) is 1. The Balaban J connectivity index is 1.51. The van der Waals surface area contributed by atoms with Gasteiger partial charge in [-0.1, -0.05) is 41.9 Å². The third-order valence-corrected chi connectivity index (χ3v) is 6.93. The summed E-state index contributed by atoms with van der Waals surface area (Å²) in [6.45, 7) is 3.78. The smallest absolute Gasteiger partial charge is 0.318 e. The minimum Gasteiger partial charge on any atom is -0.467 e. The summed E-state index contributed by atoms with van der Waals surface area (Å²) >= 11 is 6.48. The second-order valence-electron chi connectivity index (χ2n) is 8.64. The molecule has 0 aliphatic carbocycles. The summed E-state index contributed by atoms with van der Waals surface area (Å²) in [5.41, 5.74) is 1.32. The van der Waals surface area contributed by atoms with Crippen molar-refractivity contribution in [3.05, 3.63) is 53.4 Å². The second kappa shape index (κ2) is 7.25. The van der Waals surface area contributed by atoms with Gasteiger partial charge in [0.1, 0.15) is 17.0 Å². The monoisotopic (exact) mass is 449 g/mol. The quantitative estimate of drug-likeness (QED) is 0.498. The molecule has 2 fully saturated rings. The fourth-order valence-corrected chi connectivity index (χ4v) is 5.30. The predicted molar refractivity (Wildman–Crippen MR) is 124 cm³/mol. The Bertz CT molecular complexity index is 1360. The van der Waals surface area contributed by atoms with Crippen LogP contribution in [0.3, 0.4) is 0 Å². The SMILES string of the molecule is COc1nc(N2CC3(CCNC3)C2)c2cnc(-c3cccc4cccc(Cl)c34)c(F)c2n1. The van der Waals surface area contributed by atoms with Crippen LogP contribution in [-0.4, -0.2) is 48.2 Å². The van der Waals surface area contributed by atoms with Crippen molar-refractivity contribution in [1.82, 2.24) is 20.3 Å². The van der Waals surface area contributed by atoms with Gasteiger partial charge in [0, 0.05) is 47.2 Å². The molecule has 1 N–H and O–H groups in total. The standard InChI is InChI=1S/C24H21ClFN5O/c1-32-23-29-21-16(22(30-23)31-12-24(13-31)8-9-27-11-24)10-28-20(19(21)26)15-6-2-4-14-5-3-7-17(25)18(14)15/h2-7,10,27H,8-9,11-13H2,1H3. The van der Waals surface area contributed by atoms with E-state index in [0.717, 1.165) is 43.4 Å². The van der Waals surface area contributed by atoms with E-state index in [0.29, 0.717) is 21.8 Å². The van der Waals surface area contributed by atoms with Crippen LogP contribution in [0.1, 0.15) is 6.42 Å². The Labute approximate surface area is 189 Å². The first kappa shape index (κ1) is 19.6. The highest BCUT2D eigenvalue weighted by atomic mass is 35.5. The Hall–Kier alpha value is -3.03. The van der Waals surface area contributed by atoms with Gasteiger partial charge in [-0.3, -0.25) is 4.98 Å². The summed E-state index contributed by atoms with van der Waals surface area (Å²) in [5, 5.41) is 6.26. The first-order valence-corrected chi connectivity index (χ1v) is 11.0. The fraction of sp³-hybridized carbons (Fsp3) is 0.292. The molecule has 2 aliphatic rings. The van der Waals surface area contributed by atoms with Gasteiger partial charge in [-0.05, 0) is 24.4 Å². The molecular weight excluding hydrogens is 429 g/mol. The van der Waals surface area contributed by atoms with E-state index in [4.69, 9.17) is 16.3 Å². The van der Waals surface area contributed by atoms with Gasteiger partial charge in [0.05, 0.1) is 12.5 Å². The van der Waals surface area contributed by atoms with Crippen LogP contribution in [0.4, 0.5) is 10.2 Å². The van der Waals surface area contributed by atoms with Gasteiger partial charge >= 0.3 is 6.01 Å². The van der Waals surface area contributed by atoms with Gasteiger partial charge in [0.15, 0.2) is 5.82 Å². The molecule has 8 heteroatoms. The molecule has 162 valence electrons. The predicted octanol–water partition coefficient (Wildman–Crippen LogP) is 4.45. The average Bonchev–Trinajstić information content (AvgIpc) is 3.28. The molecule has 0 radical (unpaired) electrons. The van der Waals surface area contributed by atoms with Gasteiger partial charge < -0.3 is 15.0 Å². The van der Waals surface area contributed by atoms with Crippen molar-refractivity contribution in [3.63, 3.8) is 0 Å². The van der Waals surface area contributed by atoms with E-state index in [1.54, 1.807) is 12.3 Å². The van der Waals surface area contributed by atoms with E-state index in [1.807, 2.05) is 30.3 Å². The number of pyridine rings is 1. The van der Waals surface area contributed by atoms with Crippen molar-refractivity contribution in [1.29, 1.82) is 0 Å². The first-order chi connectivity index (χ1) is 15.6. The number of nitrogens with zero attached hydrogens (tertiary/aromatic N) is 4. The Morgan fingerprint density at radius 3 is 2.72 bits per heavy atom. The zero-order chi connectivity index (χ0) is 21.9. The van der Waals surface area contributed by atoms with Crippen LogP contribution in [-0.2, 0) is 0 Å². The van der Waals surface area contributed by atoms with Gasteiger partial charge in [0.25, 0.3) is 0 Å². The highest BCUT2D eigenvalue weighted by Gasteiger charge is 2.46. The van der Waals surface area contributed by atoms with E-state index in [1.165, 1.54) is 7.11 Å². The Morgan fingerprint density at radius 1 is 1.16 bits per heavy atom. The molecule has 32 heavy (non-hydrogen) atoms. The summed E-state index contributed by atoms with van der Waals surface area (Å²) in [6, 6.07) is 11.4. The summed E-state index contributed by atoms with van der Waals surface area (Å²) in [6.07, 6.45) is 2.80. The molecule has 6 rings (SSSR count). The molecule has 4 heterocycles. The molecule has 4 aromatic rings. The van der Waals surface area contributed by atoms with Crippen LogP contribution < -0.4 is 15.0 Å². The van der Waals surface area contributed by atoms with E-state index < -0.39 is 5.82 Å². The van der Waals surface area contributed by atoms with Gasteiger partial charge in [-0.25, -0.2) is 4.39 Å². The number of hydrogen-bond acceptors (Lipinski definition) is 6. The van der Waals surface area contributed by atoms with E-state index in [-0.39, 0.29) is 22.6 Å². The highest BCUT2D eigenvalue weighted by molar-refractivity contribution is 6.36. The first-order valence-electron chi connectivity index (χ1n) is 10.6. The molecule has 0 unspecified atom stereocenters. The number of anilines is 1. The summed E-state index contributed by atoms with van der Waals surface area (Å²) in [5.74, 6) is 0.160. The number of halogens is 2. The maximum Gasteiger partial charge on any atom is 0.318 e. The van der Waals surface area contributed by atoms with Crippen molar-refractivity contribution >= 4 is 39.1 Å². The number of aromatic nitrogens is 3. The molecule has 1 spiro atoms. The molecule has 2 saturated heterocycles. The van der Waals surface area contributed by atoms with E-state index in [9.17, 15) is 0 Å². The molecule has 0 saturated carbocycles. The van der Waals surface area contributed by atoms with Crippen molar-refractivity contribution in [2.75, 3.05) is 38.2 Å². The van der Waals surface area contributed by atoms with Crippen LogP contribution in [0.25, 0.3) is 32.9 Å². The largest absolute Gasteiger partial charge is 0.467 e. The van der Waals surface area contributed by atoms with Gasteiger partial charge in [-0.2, -0.15) is 9.97 Å². The molecular formula is C24H21ClFN5O. The van der Waals surface area contributed by atoms with Crippen molar-refractivity contribution in [2.45, 2.75) is 6.42 Å². The van der Waals surface area contributed by atoms with Gasteiger partial charge in [0.2, 0.25) is 0 Å². The number of benzene rings is 2. The molecule has 2 aromatic carbocycles. The average molecular weight is 450 g/mol. The lowest BCUT2D eigenvalue weighted by atomic mass is 9.79. The molecule has 0 amide bonds. The maximum atomic E-state index is 15.9. The fourth-order valence-electron chi connectivity index (χ4n) is 5.01. The maximum absolute atomic E-state index is 15.9. The molecule has 0 bridgehead atoms. The topological polar surface area (TPSA) is 63.2 Å². The zero-order valence-electron chi connectivity index (χ0n) is 17.5. The van der Waals surface area contributed by atoms with Crippen molar-refractivity contribution in [2.24, 2.45) is 5.41 Å². The van der Waals surface area contributed by atoms with Crippen LogP contribution in [0.2, 0.25) is 5.02 Å². The Kier molecular flexibility index (Phi) is 4.45. The highest BCUT2D eigenvalue weighted by Crippen LogP contribution is 2.42. The molecule has 0 atom stereocenters. The Morgan fingerprint density at radius 2 is 1.97 bits per heavy atom. The lowest BCUT2D eigenvalue weighted by Gasteiger charge is -2.48. The molecule has 2 aliphatic heterocycles. The van der Waals surface area contributed by atoms with Crippen LogP contribution in [0.5, 0.6) is 6.01 Å². The summed E-state index contributed by atoms with van der Waals surface area (Å²) in [7, 11) is 1.49. The molecule has 2 aromatic heterocycles. The van der Waals surface area contributed by atoms with E-state index in [2.05, 4.69) is 25.2 Å². The minimum absolute atomic E-state index is 0.144. The van der Waals surface area contributed by atoms with Gasteiger partial charge in [-0.15, -0.1) is 0 Å². The van der Waals surface area contributed by atoms with Crippen LogP contribution in [0.15, 0.2) is 42.6 Å². The third-order valence-electron chi connectivity index (χ3n) is 6.62. The zero-order valence-corrected chi connectivity index (χ0v) is 18.3. The lowest BCUT2D eigenvalue weighted by molar-refractivity contribution is 0.241. The van der Waals surface area contributed by atoms with Crippen LogP contribution >= 0.6 is 11.6 Å². The van der Waals surface area contributed by atoms with Crippen molar-refractivity contribution < 1.29 is 9.13 Å². The number of fused-ring (bicyclic) bond motifs is 2. The van der Waals surface area contributed by atoms with E-state index >= 15 is 4.39 Å². The number of ether oxygens (including phenoxy) is 1. The number of hydrogen-bond donors (Lipinski definition) is 1.